The highest BCUT2D eigenvalue weighted by molar-refractivity contribution is 6.05. The molecule has 2 aromatic rings. The Morgan fingerprint density at radius 1 is 1.13 bits per heavy atom. The van der Waals surface area contributed by atoms with Crippen molar-refractivity contribution >= 4 is 22.9 Å². The molecule has 0 saturated carbocycles. The molecule has 0 fully saturated rings. The molecular formula is C23H31NO7. The van der Waals surface area contributed by atoms with E-state index < -0.39 is 17.5 Å². The molecule has 3 N–H and O–H groups in total. The second-order valence-electron chi connectivity index (χ2n) is 8.74. The van der Waals surface area contributed by atoms with E-state index in [1.807, 2.05) is 20.8 Å². The van der Waals surface area contributed by atoms with Gasteiger partial charge >= 0.3 is 11.9 Å². The number of rotatable bonds is 9. The molecular weight excluding hydrogens is 402 g/mol. The normalized spacial score (nSPS) is 13.6. The van der Waals surface area contributed by atoms with Crippen molar-refractivity contribution < 1.29 is 28.6 Å². The smallest absolute Gasteiger partial charge is 0.338 e. The Morgan fingerprint density at radius 3 is 2.42 bits per heavy atom. The van der Waals surface area contributed by atoms with E-state index in [-0.39, 0.29) is 37.1 Å². The molecule has 0 aliphatic carbocycles. The minimum absolute atomic E-state index is 0.00155. The maximum absolute atomic E-state index is 12.8. The predicted molar refractivity (Wildman–Crippen MR) is 116 cm³/mol. The van der Waals surface area contributed by atoms with Gasteiger partial charge in [-0.15, -0.1) is 0 Å². The van der Waals surface area contributed by atoms with Crippen molar-refractivity contribution in [2.45, 2.75) is 52.5 Å². The van der Waals surface area contributed by atoms with Crippen molar-refractivity contribution in [1.82, 2.24) is 0 Å². The van der Waals surface area contributed by atoms with E-state index >= 15 is 0 Å². The van der Waals surface area contributed by atoms with Crippen molar-refractivity contribution in [2.24, 2.45) is 11.1 Å². The Bertz CT molecular complexity index is 990. The van der Waals surface area contributed by atoms with Crippen molar-refractivity contribution in [3.63, 3.8) is 0 Å². The second-order valence-corrected chi connectivity index (χ2v) is 8.74. The van der Waals surface area contributed by atoms with E-state index in [0.29, 0.717) is 35.1 Å². The molecule has 0 bridgehead atoms. The zero-order valence-electron chi connectivity index (χ0n) is 18.5. The summed E-state index contributed by atoms with van der Waals surface area (Å²) in [6.45, 7) is 7.43. The quantitative estimate of drug-likeness (QED) is 0.454. The van der Waals surface area contributed by atoms with E-state index in [1.54, 1.807) is 25.1 Å². The molecule has 31 heavy (non-hydrogen) atoms. The molecule has 0 unspecified atom stereocenters. The summed E-state index contributed by atoms with van der Waals surface area (Å²) < 4.78 is 16.1. The first kappa shape index (κ1) is 24.6. The topological polar surface area (TPSA) is 129 Å². The molecule has 0 spiro atoms. The third-order valence-electron chi connectivity index (χ3n) is 4.55. The van der Waals surface area contributed by atoms with Crippen LogP contribution in [0.3, 0.4) is 0 Å². The molecule has 1 atom stereocenters. The summed E-state index contributed by atoms with van der Waals surface area (Å²) in [5.41, 5.74) is 4.48. The third kappa shape index (κ3) is 6.38. The van der Waals surface area contributed by atoms with Gasteiger partial charge in [0.15, 0.2) is 5.43 Å². The lowest BCUT2D eigenvalue weighted by atomic mass is 9.91. The van der Waals surface area contributed by atoms with Crippen LogP contribution in [-0.4, -0.2) is 42.4 Å². The maximum Gasteiger partial charge on any atom is 0.338 e. The van der Waals surface area contributed by atoms with Crippen LogP contribution in [0.5, 0.6) is 0 Å². The summed E-state index contributed by atoms with van der Waals surface area (Å²) in [7, 11) is 0. The van der Waals surface area contributed by atoms with Crippen LogP contribution in [0.25, 0.3) is 11.0 Å². The first-order chi connectivity index (χ1) is 14.5. The fraction of sp³-hybridized carbons (Fsp3) is 0.522. The number of esters is 2. The summed E-state index contributed by atoms with van der Waals surface area (Å²) in [6.07, 6.45) is 0.729. The molecule has 0 saturated heterocycles. The first-order valence-corrected chi connectivity index (χ1v) is 10.3. The van der Waals surface area contributed by atoms with Crippen LogP contribution >= 0.6 is 0 Å². The van der Waals surface area contributed by atoms with Crippen LogP contribution in [0.2, 0.25) is 0 Å². The van der Waals surface area contributed by atoms with Gasteiger partial charge in [-0.3, -0.25) is 4.79 Å². The molecule has 170 valence electrons. The number of fused-ring (bicyclic) bond motifs is 1. The number of aliphatic hydroxyl groups excluding tert-OH is 1. The highest BCUT2D eigenvalue weighted by atomic mass is 16.6. The Labute approximate surface area is 181 Å². The number of ether oxygens (including phenoxy) is 2. The lowest BCUT2D eigenvalue weighted by Gasteiger charge is -2.27. The lowest BCUT2D eigenvalue weighted by molar-refractivity contribution is -0.165. The highest BCUT2D eigenvalue weighted by Crippen LogP contribution is 2.22. The number of aryl methyl sites for hydroxylation is 1. The Balaban J connectivity index is 2.36. The van der Waals surface area contributed by atoms with E-state index in [2.05, 4.69) is 0 Å². The lowest BCUT2D eigenvalue weighted by Crippen LogP contribution is -2.58. The van der Waals surface area contributed by atoms with Gasteiger partial charge in [-0.2, -0.15) is 0 Å². The van der Waals surface area contributed by atoms with Gasteiger partial charge in [0, 0.05) is 25.5 Å². The molecule has 0 aliphatic rings. The summed E-state index contributed by atoms with van der Waals surface area (Å²) in [4.78, 5) is 37.8. The Kier molecular flexibility index (Phi) is 7.97. The third-order valence-corrected chi connectivity index (χ3v) is 4.55. The van der Waals surface area contributed by atoms with Gasteiger partial charge < -0.3 is 24.7 Å². The molecule has 0 amide bonds. The number of carbonyl (C=O) groups is 2. The van der Waals surface area contributed by atoms with Crippen LogP contribution in [0.15, 0.2) is 33.5 Å². The van der Waals surface area contributed by atoms with Crippen molar-refractivity contribution in [3.05, 3.63) is 45.8 Å². The number of benzene rings is 1. The van der Waals surface area contributed by atoms with E-state index in [1.165, 1.54) is 6.07 Å². The zero-order chi connectivity index (χ0) is 23.2. The van der Waals surface area contributed by atoms with Gasteiger partial charge in [-0.25, -0.2) is 9.59 Å². The number of hydrogen-bond acceptors (Lipinski definition) is 8. The average Bonchev–Trinajstić information content (AvgIpc) is 2.70. The molecule has 1 aromatic carbocycles. The molecule has 2 rings (SSSR count). The Hall–Kier alpha value is -2.71. The van der Waals surface area contributed by atoms with Crippen LogP contribution in [0.1, 0.15) is 45.4 Å². The van der Waals surface area contributed by atoms with Gasteiger partial charge in [0.25, 0.3) is 0 Å². The molecule has 0 radical (unpaired) electrons. The molecule has 1 heterocycles. The number of aliphatic hydroxyl groups is 1. The van der Waals surface area contributed by atoms with Gasteiger partial charge in [-0.1, -0.05) is 26.8 Å². The Morgan fingerprint density at radius 2 is 1.81 bits per heavy atom. The van der Waals surface area contributed by atoms with E-state index in [4.69, 9.17) is 24.7 Å². The standard InChI is InChI=1S/C23H31NO7/c1-5-29-20(27)23(24,21(28)30-14-22(2,3)4)13-15-8-9-19-17(11-15)18(26)12-16(31-19)7-6-10-25/h8-9,11-12,25H,5-7,10,13-14,24H2,1-4H3/t23-/m0/s1. The molecule has 0 aliphatic heterocycles. The second kappa shape index (κ2) is 10.1. The molecule has 8 heteroatoms. The van der Waals surface area contributed by atoms with E-state index in [0.717, 1.165) is 0 Å². The van der Waals surface area contributed by atoms with Gasteiger partial charge in [0.05, 0.1) is 18.6 Å². The number of nitrogens with two attached hydrogens (primary N) is 1. The van der Waals surface area contributed by atoms with Crippen molar-refractivity contribution in [2.75, 3.05) is 19.8 Å². The maximum atomic E-state index is 12.8. The minimum atomic E-state index is -2.05. The molecule has 8 nitrogen and oxygen atoms in total. The van der Waals surface area contributed by atoms with Crippen LogP contribution < -0.4 is 11.2 Å². The number of hydrogen-bond donors (Lipinski definition) is 2. The van der Waals surface area contributed by atoms with Crippen molar-refractivity contribution in [1.29, 1.82) is 0 Å². The average molecular weight is 434 g/mol. The van der Waals surface area contributed by atoms with Crippen molar-refractivity contribution in [3.8, 4) is 0 Å². The summed E-state index contributed by atoms with van der Waals surface area (Å²) >= 11 is 0. The first-order valence-electron chi connectivity index (χ1n) is 10.3. The van der Waals surface area contributed by atoms with Gasteiger partial charge in [0.2, 0.25) is 5.54 Å². The fourth-order valence-electron chi connectivity index (χ4n) is 2.96. The number of carbonyl (C=O) groups excluding carboxylic acids is 2. The highest BCUT2D eigenvalue weighted by Gasteiger charge is 2.46. The minimum Gasteiger partial charge on any atom is -0.464 e. The summed E-state index contributed by atoms with van der Waals surface area (Å²) in [5.74, 6) is -1.29. The monoisotopic (exact) mass is 433 g/mol. The predicted octanol–water partition coefficient (Wildman–Crippen LogP) is 2.11. The van der Waals surface area contributed by atoms with Gasteiger partial charge in [-0.05, 0) is 36.5 Å². The van der Waals surface area contributed by atoms with Crippen LogP contribution in [-0.2, 0) is 31.9 Å². The van der Waals surface area contributed by atoms with Crippen LogP contribution in [0.4, 0.5) is 0 Å². The van der Waals surface area contributed by atoms with Crippen LogP contribution in [0, 0.1) is 5.41 Å². The largest absolute Gasteiger partial charge is 0.464 e. The molecule has 1 aromatic heterocycles. The zero-order valence-corrected chi connectivity index (χ0v) is 18.5. The summed E-state index contributed by atoms with van der Waals surface area (Å²) in [6, 6.07) is 6.16. The fourth-order valence-corrected chi connectivity index (χ4v) is 2.96. The SMILES string of the molecule is CCOC(=O)[C@@](N)(Cc1ccc2oc(CCCO)cc(=O)c2c1)C(=O)OCC(C)(C)C. The van der Waals surface area contributed by atoms with Gasteiger partial charge in [0.1, 0.15) is 11.3 Å². The van der Waals surface area contributed by atoms with E-state index in [9.17, 15) is 14.4 Å². The summed E-state index contributed by atoms with van der Waals surface area (Å²) in [5, 5.41) is 9.26.